The fourth-order valence-corrected chi connectivity index (χ4v) is 4.66. The minimum atomic E-state index is 0. The number of hydrogen-bond donors (Lipinski definition) is 1. The Balaban J connectivity index is 0.00000156. The zero-order valence-corrected chi connectivity index (χ0v) is 14.8. The maximum atomic E-state index is 13.0. The van der Waals surface area contributed by atoms with Crippen LogP contribution in [0.25, 0.3) is 0 Å². The normalized spacial score (nSPS) is 28.5. The molecule has 5 heteroatoms. The van der Waals surface area contributed by atoms with Crippen LogP contribution in [0.2, 0.25) is 5.02 Å². The zero-order chi connectivity index (χ0) is 15.2. The van der Waals surface area contributed by atoms with Crippen LogP contribution >= 0.6 is 24.0 Å². The number of halogens is 2. The van der Waals surface area contributed by atoms with Crippen LogP contribution in [0.4, 0.5) is 0 Å². The molecule has 0 bridgehead atoms. The van der Waals surface area contributed by atoms with E-state index in [0.717, 1.165) is 43.9 Å². The quantitative estimate of drug-likeness (QED) is 0.875. The fraction of sp³-hybridized carbons (Fsp3) is 0.611. The van der Waals surface area contributed by atoms with E-state index in [1.807, 2.05) is 18.2 Å². The van der Waals surface area contributed by atoms with Crippen LogP contribution in [0.3, 0.4) is 0 Å². The minimum Gasteiger partial charge on any atom is -0.335 e. The number of rotatable bonds is 2. The van der Waals surface area contributed by atoms with Crippen molar-refractivity contribution in [3.05, 3.63) is 34.9 Å². The molecule has 2 heterocycles. The van der Waals surface area contributed by atoms with Crippen molar-refractivity contribution < 1.29 is 4.79 Å². The van der Waals surface area contributed by atoms with Crippen molar-refractivity contribution in [1.82, 2.24) is 10.2 Å². The summed E-state index contributed by atoms with van der Waals surface area (Å²) in [7, 11) is 0. The van der Waals surface area contributed by atoms with Gasteiger partial charge in [0.1, 0.15) is 0 Å². The molecule has 1 amide bonds. The molecule has 2 atom stereocenters. The first-order valence-corrected chi connectivity index (χ1v) is 8.84. The Hall–Kier alpha value is -0.770. The number of benzene rings is 1. The highest BCUT2D eigenvalue weighted by molar-refractivity contribution is 6.30. The number of nitrogens with one attached hydrogen (secondary N) is 1. The monoisotopic (exact) mass is 354 g/mol. The smallest absolute Gasteiger partial charge is 0.226 e. The first-order valence-electron chi connectivity index (χ1n) is 8.46. The molecule has 23 heavy (non-hydrogen) atoms. The molecular weight excluding hydrogens is 331 g/mol. The molecule has 1 aromatic carbocycles. The molecule has 2 aliphatic heterocycles. The van der Waals surface area contributed by atoms with Gasteiger partial charge in [0.05, 0.1) is 6.04 Å². The summed E-state index contributed by atoms with van der Waals surface area (Å²) in [5.41, 5.74) is 1.52. The summed E-state index contributed by atoms with van der Waals surface area (Å²) in [5, 5.41) is 4.17. The van der Waals surface area contributed by atoms with Gasteiger partial charge in [0.15, 0.2) is 0 Å². The third kappa shape index (κ3) is 3.11. The van der Waals surface area contributed by atoms with Crippen LogP contribution in [-0.2, 0) is 4.79 Å². The molecule has 3 aliphatic rings. The van der Waals surface area contributed by atoms with E-state index in [-0.39, 0.29) is 24.4 Å². The van der Waals surface area contributed by atoms with Gasteiger partial charge in [-0.3, -0.25) is 4.79 Å². The lowest BCUT2D eigenvalue weighted by Crippen LogP contribution is -2.36. The number of carbonyl (C=O) groups is 1. The van der Waals surface area contributed by atoms with E-state index in [4.69, 9.17) is 11.6 Å². The van der Waals surface area contributed by atoms with Crippen LogP contribution in [0.1, 0.15) is 43.7 Å². The summed E-state index contributed by atoms with van der Waals surface area (Å²) in [6.07, 6.45) is 5.60. The summed E-state index contributed by atoms with van der Waals surface area (Å²) in [4.78, 5) is 15.2. The van der Waals surface area contributed by atoms with Crippen LogP contribution in [0.15, 0.2) is 24.3 Å². The lowest BCUT2D eigenvalue weighted by atomic mass is 9.91. The number of nitrogens with zero attached hydrogens (tertiary/aromatic N) is 1. The maximum absolute atomic E-state index is 13.0. The summed E-state index contributed by atoms with van der Waals surface area (Å²) >= 11 is 6.13. The number of likely N-dealkylation sites (tertiary alicyclic amines) is 1. The van der Waals surface area contributed by atoms with Crippen molar-refractivity contribution in [2.24, 2.45) is 11.3 Å². The maximum Gasteiger partial charge on any atom is 0.226 e. The Morgan fingerprint density at radius 3 is 2.83 bits per heavy atom. The summed E-state index contributed by atoms with van der Waals surface area (Å²) in [6.45, 7) is 3.05. The van der Waals surface area contributed by atoms with Gasteiger partial charge in [0.2, 0.25) is 5.91 Å². The summed E-state index contributed by atoms with van der Waals surface area (Å²) in [6, 6.07) is 8.24. The summed E-state index contributed by atoms with van der Waals surface area (Å²) < 4.78 is 0. The largest absolute Gasteiger partial charge is 0.335 e. The highest BCUT2D eigenvalue weighted by Gasteiger charge is 2.59. The summed E-state index contributed by atoms with van der Waals surface area (Å²) in [5.74, 6) is 0.666. The SMILES string of the molecule is Cl.O=C(C1CC12CCNCC2)N1CCCC1c1cccc(Cl)c1. The van der Waals surface area contributed by atoms with Crippen molar-refractivity contribution in [3.63, 3.8) is 0 Å². The lowest BCUT2D eigenvalue weighted by Gasteiger charge is -2.28. The van der Waals surface area contributed by atoms with E-state index in [2.05, 4.69) is 16.3 Å². The van der Waals surface area contributed by atoms with Crippen LogP contribution in [0, 0.1) is 11.3 Å². The Labute approximate surface area is 149 Å². The van der Waals surface area contributed by atoms with E-state index in [1.165, 1.54) is 18.4 Å². The topological polar surface area (TPSA) is 32.3 Å². The van der Waals surface area contributed by atoms with Gasteiger partial charge < -0.3 is 10.2 Å². The van der Waals surface area contributed by atoms with Crippen LogP contribution in [-0.4, -0.2) is 30.4 Å². The average Bonchev–Trinajstić information content (AvgIpc) is 2.99. The predicted octanol–water partition coefficient (Wildman–Crippen LogP) is 3.82. The third-order valence-corrected chi connectivity index (χ3v) is 6.09. The van der Waals surface area contributed by atoms with E-state index in [1.54, 1.807) is 0 Å². The van der Waals surface area contributed by atoms with E-state index >= 15 is 0 Å². The number of hydrogen-bond acceptors (Lipinski definition) is 2. The molecule has 1 aliphatic carbocycles. The molecule has 4 rings (SSSR count). The number of amides is 1. The molecule has 3 fully saturated rings. The Kier molecular flexibility index (Phi) is 4.91. The highest BCUT2D eigenvalue weighted by Crippen LogP contribution is 2.59. The van der Waals surface area contributed by atoms with Crippen molar-refractivity contribution in [1.29, 1.82) is 0 Å². The number of piperidine rings is 1. The molecule has 1 spiro atoms. The minimum absolute atomic E-state index is 0. The van der Waals surface area contributed by atoms with Gasteiger partial charge in [-0.05, 0) is 68.3 Å². The molecule has 1 aromatic rings. The molecule has 3 nitrogen and oxygen atoms in total. The van der Waals surface area contributed by atoms with Gasteiger partial charge in [-0.15, -0.1) is 12.4 Å². The molecule has 2 unspecified atom stereocenters. The molecule has 126 valence electrons. The van der Waals surface area contributed by atoms with Gasteiger partial charge in [-0.1, -0.05) is 23.7 Å². The van der Waals surface area contributed by atoms with Gasteiger partial charge >= 0.3 is 0 Å². The molecule has 0 radical (unpaired) electrons. The Morgan fingerprint density at radius 1 is 1.30 bits per heavy atom. The van der Waals surface area contributed by atoms with Crippen LogP contribution in [0.5, 0.6) is 0 Å². The van der Waals surface area contributed by atoms with Gasteiger partial charge in [-0.2, -0.15) is 0 Å². The van der Waals surface area contributed by atoms with Crippen molar-refractivity contribution in [2.75, 3.05) is 19.6 Å². The molecule has 1 saturated carbocycles. The average molecular weight is 355 g/mol. The molecule has 2 saturated heterocycles. The highest BCUT2D eigenvalue weighted by atomic mass is 35.5. The second-order valence-electron chi connectivity index (χ2n) is 7.11. The molecular formula is C18H24Cl2N2O. The lowest BCUT2D eigenvalue weighted by molar-refractivity contribution is -0.134. The molecule has 0 aromatic heterocycles. The van der Waals surface area contributed by atoms with Crippen LogP contribution < -0.4 is 5.32 Å². The second-order valence-corrected chi connectivity index (χ2v) is 7.55. The van der Waals surface area contributed by atoms with Crippen molar-refractivity contribution in [2.45, 2.75) is 38.1 Å². The molecule has 1 N–H and O–H groups in total. The first kappa shape index (κ1) is 17.1. The van der Waals surface area contributed by atoms with Gasteiger partial charge in [-0.25, -0.2) is 0 Å². The van der Waals surface area contributed by atoms with E-state index in [0.29, 0.717) is 11.3 Å². The second kappa shape index (κ2) is 6.62. The Morgan fingerprint density at radius 2 is 2.09 bits per heavy atom. The standard InChI is InChI=1S/C18H23ClN2O.ClH/c19-14-4-1-3-13(11-14)16-5-2-10-21(16)17(22)15-12-18(15)6-8-20-9-7-18;/h1,3-4,11,15-16,20H,2,5-10,12H2;1H. The predicted molar refractivity (Wildman–Crippen MR) is 95.0 cm³/mol. The zero-order valence-electron chi connectivity index (χ0n) is 13.3. The van der Waals surface area contributed by atoms with Gasteiger partial charge in [0.25, 0.3) is 0 Å². The van der Waals surface area contributed by atoms with Gasteiger partial charge in [0, 0.05) is 17.5 Å². The van der Waals surface area contributed by atoms with Crippen molar-refractivity contribution >= 4 is 29.9 Å². The van der Waals surface area contributed by atoms with E-state index < -0.39 is 0 Å². The number of carbonyl (C=O) groups excluding carboxylic acids is 1. The fourth-order valence-electron chi connectivity index (χ4n) is 4.47. The first-order chi connectivity index (χ1) is 10.7. The Bertz CT molecular complexity index is 586. The third-order valence-electron chi connectivity index (χ3n) is 5.86. The van der Waals surface area contributed by atoms with Crippen molar-refractivity contribution in [3.8, 4) is 0 Å². The van der Waals surface area contributed by atoms with E-state index in [9.17, 15) is 4.79 Å².